The fraction of sp³-hybridized carbons (Fsp3) is 0.364. The molecule has 0 aromatic heterocycles. The van der Waals surface area contributed by atoms with Gasteiger partial charge in [-0.1, -0.05) is 24.3 Å². The lowest BCUT2D eigenvalue weighted by Gasteiger charge is -2.22. The molecule has 7 heteroatoms. The highest BCUT2D eigenvalue weighted by molar-refractivity contribution is 14.0. The molecule has 29 heavy (non-hydrogen) atoms. The van der Waals surface area contributed by atoms with Gasteiger partial charge in [-0.05, 0) is 48.7 Å². The number of amides is 1. The van der Waals surface area contributed by atoms with Gasteiger partial charge < -0.3 is 15.1 Å². The molecule has 0 aliphatic rings. The van der Waals surface area contributed by atoms with E-state index in [1.165, 1.54) is 12.1 Å². The number of benzene rings is 2. The summed E-state index contributed by atoms with van der Waals surface area (Å²) in [6.07, 6.45) is 0.744. The standard InChI is InChI=1S/C22H29FN4O.HI/c1-5-24-22(27(4)16-18-9-11-20(23)12-10-18)25-14-13-17-7-6-8-19(15-17)21(28)26(2)3;/h6-12,15H,5,13-14,16H2,1-4H3,(H,24,25);1H. The van der Waals surface area contributed by atoms with Gasteiger partial charge in [-0.3, -0.25) is 9.79 Å². The number of hydrogen-bond donors (Lipinski definition) is 1. The topological polar surface area (TPSA) is 47.9 Å². The van der Waals surface area contributed by atoms with E-state index < -0.39 is 0 Å². The first-order valence-electron chi connectivity index (χ1n) is 9.45. The van der Waals surface area contributed by atoms with Crippen molar-refractivity contribution in [2.45, 2.75) is 19.9 Å². The Morgan fingerprint density at radius 2 is 1.76 bits per heavy atom. The van der Waals surface area contributed by atoms with E-state index in [-0.39, 0.29) is 35.7 Å². The summed E-state index contributed by atoms with van der Waals surface area (Å²) in [5, 5.41) is 3.29. The van der Waals surface area contributed by atoms with Gasteiger partial charge in [0, 0.05) is 46.3 Å². The minimum Gasteiger partial charge on any atom is -0.357 e. The molecular formula is C22H30FIN4O. The smallest absolute Gasteiger partial charge is 0.253 e. The van der Waals surface area contributed by atoms with Gasteiger partial charge in [-0.15, -0.1) is 24.0 Å². The van der Waals surface area contributed by atoms with Crippen LogP contribution in [0.5, 0.6) is 0 Å². The number of rotatable bonds is 7. The van der Waals surface area contributed by atoms with Gasteiger partial charge >= 0.3 is 0 Å². The molecule has 0 aliphatic carbocycles. The molecular weight excluding hydrogens is 482 g/mol. The fourth-order valence-corrected chi connectivity index (χ4v) is 2.82. The average molecular weight is 512 g/mol. The molecule has 0 radical (unpaired) electrons. The molecule has 0 saturated carbocycles. The minimum atomic E-state index is -0.234. The quantitative estimate of drug-likeness (QED) is 0.349. The zero-order chi connectivity index (χ0) is 20.5. The van der Waals surface area contributed by atoms with Crippen LogP contribution in [-0.4, -0.2) is 55.9 Å². The number of nitrogens with zero attached hydrogens (tertiary/aromatic N) is 3. The van der Waals surface area contributed by atoms with Crippen LogP contribution >= 0.6 is 24.0 Å². The highest BCUT2D eigenvalue weighted by Gasteiger charge is 2.09. The maximum atomic E-state index is 13.1. The Hall–Kier alpha value is -2.16. The van der Waals surface area contributed by atoms with E-state index in [0.29, 0.717) is 18.7 Å². The second-order valence-corrected chi connectivity index (χ2v) is 6.87. The predicted molar refractivity (Wildman–Crippen MR) is 127 cm³/mol. The van der Waals surface area contributed by atoms with Crippen molar-refractivity contribution in [3.05, 3.63) is 71.0 Å². The third kappa shape index (κ3) is 8.00. The first kappa shape index (κ1) is 24.9. The van der Waals surface area contributed by atoms with Crippen molar-refractivity contribution in [2.24, 2.45) is 4.99 Å². The van der Waals surface area contributed by atoms with Crippen LogP contribution in [0.2, 0.25) is 0 Å². The molecule has 2 aromatic rings. The lowest BCUT2D eigenvalue weighted by atomic mass is 10.1. The van der Waals surface area contributed by atoms with Crippen LogP contribution in [0.1, 0.15) is 28.4 Å². The van der Waals surface area contributed by atoms with Crippen molar-refractivity contribution < 1.29 is 9.18 Å². The lowest BCUT2D eigenvalue weighted by Crippen LogP contribution is -2.38. The van der Waals surface area contributed by atoms with Gasteiger partial charge in [0.25, 0.3) is 5.91 Å². The zero-order valence-electron chi connectivity index (χ0n) is 17.5. The monoisotopic (exact) mass is 512 g/mol. The number of nitrogens with one attached hydrogen (secondary N) is 1. The normalized spacial score (nSPS) is 10.9. The maximum absolute atomic E-state index is 13.1. The van der Waals surface area contributed by atoms with Crippen LogP contribution in [-0.2, 0) is 13.0 Å². The molecule has 0 atom stereocenters. The SMILES string of the molecule is CCNC(=NCCc1cccc(C(=O)N(C)C)c1)N(C)Cc1ccc(F)cc1.I. The number of carbonyl (C=O) groups excluding carboxylic acids is 1. The predicted octanol–water partition coefficient (Wildman–Crippen LogP) is 3.79. The molecule has 2 rings (SSSR count). The van der Waals surface area contributed by atoms with Crippen molar-refractivity contribution in [1.29, 1.82) is 0 Å². The molecule has 0 heterocycles. The van der Waals surface area contributed by atoms with Crippen molar-refractivity contribution in [2.75, 3.05) is 34.2 Å². The maximum Gasteiger partial charge on any atom is 0.253 e. The van der Waals surface area contributed by atoms with Crippen molar-refractivity contribution >= 4 is 35.8 Å². The van der Waals surface area contributed by atoms with Crippen molar-refractivity contribution in [3.8, 4) is 0 Å². The molecule has 0 unspecified atom stereocenters. The highest BCUT2D eigenvalue weighted by Crippen LogP contribution is 2.09. The Bertz CT molecular complexity index is 809. The zero-order valence-corrected chi connectivity index (χ0v) is 19.8. The van der Waals surface area contributed by atoms with E-state index >= 15 is 0 Å². The van der Waals surface area contributed by atoms with E-state index in [1.807, 2.05) is 43.1 Å². The van der Waals surface area contributed by atoms with Gasteiger partial charge in [0.2, 0.25) is 0 Å². The van der Waals surface area contributed by atoms with Crippen LogP contribution in [0.15, 0.2) is 53.5 Å². The Kier molecular flexibility index (Phi) is 10.6. The van der Waals surface area contributed by atoms with E-state index in [0.717, 1.165) is 30.1 Å². The summed E-state index contributed by atoms with van der Waals surface area (Å²) in [7, 11) is 5.46. The average Bonchev–Trinajstić information content (AvgIpc) is 2.68. The largest absolute Gasteiger partial charge is 0.357 e. The molecule has 0 aliphatic heterocycles. The van der Waals surface area contributed by atoms with Crippen LogP contribution in [0.3, 0.4) is 0 Å². The number of aliphatic imine (C=N–C) groups is 1. The third-order valence-corrected chi connectivity index (χ3v) is 4.27. The Labute approximate surface area is 190 Å². The Balaban J connectivity index is 0.00000420. The van der Waals surface area contributed by atoms with Gasteiger partial charge in [0.15, 0.2) is 5.96 Å². The molecule has 0 spiro atoms. The van der Waals surface area contributed by atoms with E-state index in [4.69, 9.17) is 4.99 Å². The van der Waals surface area contributed by atoms with E-state index in [2.05, 4.69) is 5.32 Å². The van der Waals surface area contributed by atoms with Gasteiger partial charge in [-0.25, -0.2) is 4.39 Å². The first-order chi connectivity index (χ1) is 13.4. The number of hydrogen-bond acceptors (Lipinski definition) is 2. The third-order valence-electron chi connectivity index (χ3n) is 4.27. The van der Waals surface area contributed by atoms with E-state index in [1.54, 1.807) is 31.1 Å². The number of halogens is 2. The van der Waals surface area contributed by atoms with Crippen molar-refractivity contribution in [3.63, 3.8) is 0 Å². The molecule has 0 bridgehead atoms. The van der Waals surface area contributed by atoms with Gasteiger partial charge in [0.1, 0.15) is 5.82 Å². The molecule has 1 amide bonds. The van der Waals surface area contributed by atoms with Gasteiger partial charge in [0.05, 0.1) is 0 Å². The van der Waals surface area contributed by atoms with Crippen LogP contribution in [0.25, 0.3) is 0 Å². The summed E-state index contributed by atoms with van der Waals surface area (Å²) in [6.45, 7) is 4.03. The Morgan fingerprint density at radius 1 is 1.07 bits per heavy atom. The summed E-state index contributed by atoms with van der Waals surface area (Å²) in [4.78, 5) is 20.4. The van der Waals surface area contributed by atoms with Crippen molar-refractivity contribution in [1.82, 2.24) is 15.1 Å². The highest BCUT2D eigenvalue weighted by atomic mass is 127. The van der Waals surface area contributed by atoms with Crippen LogP contribution < -0.4 is 5.32 Å². The van der Waals surface area contributed by atoms with Crippen LogP contribution in [0.4, 0.5) is 4.39 Å². The summed E-state index contributed by atoms with van der Waals surface area (Å²) >= 11 is 0. The Morgan fingerprint density at radius 3 is 2.38 bits per heavy atom. The number of guanidine groups is 1. The molecule has 158 valence electrons. The fourth-order valence-electron chi connectivity index (χ4n) is 2.82. The second-order valence-electron chi connectivity index (χ2n) is 6.87. The lowest BCUT2D eigenvalue weighted by molar-refractivity contribution is 0.0827. The molecule has 1 N–H and O–H groups in total. The summed E-state index contributed by atoms with van der Waals surface area (Å²) in [5.74, 6) is 0.562. The number of carbonyl (C=O) groups is 1. The molecule has 0 fully saturated rings. The first-order valence-corrected chi connectivity index (χ1v) is 9.45. The minimum absolute atomic E-state index is 0. The van der Waals surface area contributed by atoms with Gasteiger partial charge in [-0.2, -0.15) is 0 Å². The molecule has 0 saturated heterocycles. The molecule has 5 nitrogen and oxygen atoms in total. The van der Waals surface area contributed by atoms with E-state index in [9.17, 15) is 9.18 Å². The van der Waals surface area contributed by atoms with Crippen LogP contribution in [0, 0.1) is 5.82 Å². The second kappa shape index (κ2) is 12.4. The summed E-state index contributed by atoms with van der Waals surface area (Å²) in [5.41, 5.74) is 2.78. The summed E-state index contributed by atoms with van der Waals surface area (Å²) in [6, 6.07) is 14.2. The molecule has 2 aromatic carbocycles. The summed E-state index contributed by atoms with van der Waals surface area (Å²) < 4.78 is 13.1.